The van der Waals surface area contributed by atoms with E-state index in [9.17, 15) is 0 Å². The van der Waals surface area contributed by atoms with E-state index in [1.54, 1.807) is 0 Å². The molecule has 2 unspecified atom stereocenters. The fraction of sp³-hybridized carbons (Fsp3) is 0.333. The monoisotopic (exact) mass is 264 g/mol. The summed E-state index contributed by atoms with van der Waals surface area (Å²) in [7, 11) is 0. The molecule has 0 heterocycles. The third-order valence-electron chi connectivity index (χ3n) is 2.24. The minimum Gasteiger partial charge on any atom is -0.321 e. The molecule has 0 aromatic rings. The normalized spacial score (nSPS) is 22.8. The van der Waals surface area contributed by atoms with Crippen LogP contribution < -0.4 is 0 Å². The summed E-state index contributed by atoms with van der Waals surface area (Å²) in [6, 6.07) is 0. The predicted molar refractivity (Wildman–Crippen MR) is 60.2 cm³/mol. The van der Waals surface area contributed by atoms with Crippen LogP contribution in [-0.4, -0.2) is 20.4 Å². The quantitative estimate of drug-likeness (QED) is 0.495. The first kappa shape index (κ1) is 20.4. The zero-order valence-electron chi connectivity index (χ0n) is 9.18. The van der Waals surface area contributed by atoms with Crippen LogP contribution in [0, 0.1) is 18.3 Å². The van der Waals surface area contributed by atoms with Gasteiger partial charge in [-0.05, 0) is 5.92 Å². The molecule has 1 fully saturated rings. The van der Waals surface area contributed by atoms with Crippen LogP contribution in [0.3, 0.4) is 0 Å². The van der Waals surface area contributed by atoms with Crippen LogP contribution in [0.2, 0.25) is 0 Å². The molecule has 0 aliphatic heterocycles. The molecule has 0 aromatic heterocycles. The second-order valence-corrected chi connectivity index (χ2v) is 2.82. The van der Waals surface area contributed by atoms with Gasteiger partial charge in [0.05, 0.1) is 0 Å². The summed E-state index contributed by atoms with van der Waals surface area (Å²) in [5.74, 6) is 1.62. The van der Waals surface area contributed by atoms with Gasteiger partial charge in [0, 0.05) is 17.1 Å². The van der Waals surface area contributed by atoms with Crippen molar-refractivity contribution in [3.8, 4) is 0 Å². The number of carbonyl (C=O) groups excluding carboxylic acids is 3. The van der Waals surface area contributed by atoms with Crippen molar-refractivity contribution in [1.29, 1.82) is 0 Å². The second-order valence-electron chi connectivity index (χ2n) is 2.82. The molecule has 3 nitrogen and oxygen atoms in total. The van der Waals surface area contributed by atoms with Gasteiger partial charge >= 0.3 is 0 Å². The van der Waals surface area contributed by atoms with Crippen molar-refractivity contribution < 1.29 is 31.5 Å². The van der Waals surface area contributed by atoms with Crippen LogP contribution in [0.5, 0.6) is 0 Å². The van der Waals surface area contributed by atoms with Crippen molar-refractivity contribution >= 4 is 20.4 Å². The molecule has 91 valence electrons. The SMILES string of the molecule is C1=CC2[CH-]CCC2C=C1.C=O.C=O.C=O.[Mn]. The van der Waals surface area contributed by atoms with E-state index in [4.69, 9.17) is 14.4 Å². The molecule has 1 radical (unpaired) electrons. The fourth-order valence-corrected chi connectivity index (χ4v) is 1.69. The van der Waals surface area contributed by atoms with Crippen molar-refractivity contribution in [3.63, 3.8) is 0 Å². The van der Waals surface area contributed by atoms with Gasteiger partial charge in [-0.2, -0.15) is 6.42 Å². The Morgan fingerprint density at radius 2 is 1.44 bits per heavy atom. The molecule has 4 heteroatoms. The average Bonchev–Trinajstić information content (AvgIpc) is 2.85. The molecule has 0 aromatic carbocycles. The topological polar surface area (TPSA) is 51.2 Å². The molecule has 2 aliphatic rings. The van der Waals surface area contributed by atoms with Gasteiger partial charge in [-0.25, -0.2) is 0 Å². The molecule has 2 rings (SSSR count). The molecule has 16 heavy (non-hydrogen) atoms. The largest absolute Gasteiger partial charge is 0.321 e. The molecule has 0 N–H and O–H groups in total. The standard InChI is InChI=1S/C9H11.3CH2O.Mn/c1-2-5-9-7-3-6-8(9)4-1;3*1-2;/h1-2,4-6,8-9H,3,7H2;3*1H2;/q-1;;;;. The zero-order valence-corrected chi connectivity index (χ0v) is 10.4. The Balaban J connectivity index is -0.000000214. The average molecular weight is 264 g/mol. The van der Waals surface area contributed by atoms with Gasteiger partial charge in [-0.3, -0.25) is 0 Å². The number of hydrogen-bond acceptors (Lipinski definition) is 3. The van der Waals surface area contributed by atoms with E-state index in [0.29, 0.717) is 0 Å². The fourth-order valence-electron chi connectivity index (χ4n) is 1.69. The first-order valence-corrected chi connectivity index (χ1v) is 4.52. The van der Waals surface area contributed by atoms with Gasteiger partial charge in [-0.15, -0.1) is 12.0 Å². The van der Waals surface area contributed by atoms with Crippen molar-refractivity contribution in [2.45, 2.75) is 12.8 Å². The summed E-state index contributed by atoms with van der Waals surface area (Å²) in [6.07, 6.45) is 14.1. The Kier molecular flexibility index (Phi) is 21.0. The maximum Gasteiger partial charge on any atom is 0.106 e. The van der Waals surface area contributed by atoms with Crippen LogP contribution in [0.1, 0.15) is 12.8 Å². The molecule has 0 saturated heterocycles. The minimum atomic E-state index is 0. The van der Waals surface area contributed by atoms with Crippen molar-refractivity contribution in [2.75, 3.05) is 0 Å². The van der Waals surface area contributed by atoms with E-state index in [1.807, 2.05) is 20.4 Å². The van der Waals surface area contributed by atoms with Crippen LogP contribution in [0.15, 0.2) is 24.3 Å². The van der Waals surface area contributed by atoms with E-state index in [0.717, 1.165) is 11.8 Å². The maximum absolute atomic E-state index is 8.00. The van der Waals surface area contributed by atoms with Crippen molar-refractivity contribution in [1.82, 2.24) is 0 Å². The van der Waals surface area contributed by atoms with Gasteiger partial charge in [0.2, 0.25) is 0 Å². The number of carbonyl (C=O) groups is 3. The summed E-state index contributed by atoms with van der Waals surface area (Å²) in [5, 5.41) is 0. The Morgan fingerprint density at radius 1 is 0.938 bits per heavy atom. The third-order valence-corrected chi connectivity index (χ3v) is 2.24. The van der Waals surface area contributed by atoms with Gasteiger partial charge in [-0.1, -0.05) is 24.6 Å². The summed E-state index contributed by atoms with van der Waals surface area (Å²) < 4.78 is 0. The summed E-state index contributed by atoms with van der Waals surface area (Å²) in [4.78, 5) is 24.0. The van der Waals surface area contributed by atoms with Crippen molar-refractivity contribution in [2.24, 2.45) is 11.8 Å². The number of hydrogen-bond donors (Lipinski definition) is 0. The maximum atomic E-state index is 8.00. The molecule has 1 saturated carbocycles. The summed E-state index contributed by atoms with van der Waals surface area (Å²) in [6.45, 7) is 6.00. The molecule has 2 aliphatic carbocycles. The van der Waals surface area contributed by atoms with E-state index in [2.05, 4.69) is 30.7 Å². The first-order chi connectivity index (χ1) is 7.47. The molecule has 0 spiro atoms. The summed E-state index contributed by atoms with van der Waals surface area (Å²) in [5.41, 5.74) is 0. The van der Waals surface area contributed by atoms with Gasteiger partial charge in [0.25, 0.3) is 0 Å². The van der Waals surface area contributed by atoms with Crippen molar-refractivity contribution in [3.05, 3.63) is 30.7 Å². The Morgan fingerprint density at radius 3 is 1.94 bits per heavy atom. The third kappa shape index (κ3) is 7.32. The molecule has 0 amide bonds. The second kappa shape index (κ2) is 16.4. The molecular weight excluding hydrogens is 247 g/mol. The smallest absolute Gasteiger partial charge is 0.106 e. The summed E-state index contributed by atoms with van der Waals surface area (Å²) >= 11 is 0. The zero-order chi connectivity index (χ0) is 12.1. The van der Waals surface area contributed by atoms with Crippen LogP contribution in [0.25, 0.3) is 0 Å². The minimum absolute atomic E-state index is 0. The Bertz CT molecular complexity index is 182. The predicted octanol–water partition coefficient (Wildman–Crippen LogP) is 1.79. The van der Waals surface area contributed by atoms with E-state index >= 15 is 0 Å². The molecule has 0 bridgehead atoms. The van der Waals surface area contributed by atoms with Gasteiger partial charge in [0.1, 0.15) is 20.4 Å². The van der Waals surface area contributed by atoms with E-state index < -0.39 is 0 Å². The Hall–Kier alpha value is -0.991. The number of rotatable bonds is 0. The van der Waals surface area contributed by atoms with E-state index in [-0.39, 0.29) is 17.1 Å². The van der Waals surface area contributed by atoms with Crippen LogP contribution in [-0.2, 0) is 31.5 Å². The first-order valence-electron chi connectivity index (χ1n) is 4.52. The van der Waals surface area contributed by atoms with Gasteiger partial charge in [0.15, 0.2) is 0 Å². The van der Waals surface area contributed by atoms with Crippen LogP contribution >= 0.6 is 0 Å². The number of fused-ring (bicyclic) bond motifs is 1. The Labute approximate surface area is 107 Å². The van der Waals surface area contributed by atoms with Gasteiger partial charge < -0.3 is 20.8 Å². The molecular formula is C12H17MnO3-. The van der Waals surface area contributed by atoms with E-state index in [1.165, 1.54) is 12.8 Å². The molecule has 2 atom stereocenters. The number of allylic oxidation sites excluding steroid dienone is 4. The van der Waals surface area contributed by atoms with Crippen LogP contribution in [0.4, 0.5) is 0 Å².